The fourth-order valence-corrected chi connectivity index (χ4v) is 4.23. The molecule has 5 heteroatoms. The molecule has 0 amide bonds. The molecule has 3 heterocycles. The highest BCUT2D eigenvalue weighted by molar-refractivity contribution is 7.18. The molecule has 1 unspecified atom stereocenters. The van der Waals surface area contributed by atoms with Crippen LogP contribution >= 0.6 is 11.3 Å². The first-order chi connectivity index (χ1) is 11.3. The first kappa shape index (κ1) is 14.5. The number of thiophene rings is 1. The number of fused-ring (bicyclic) bond motifs is 1. The molecule has 0 N–H and O–H groups in total. The topological polar surface area (TPSA) is 38.2 Å². The van der Waals surface area contributed by atoms with E-state index in [0.717, 1.165) is 29.4 Å². The maximum Gasteiger partial charge on any atom is 0.141 e. The predicted octanol–water partition coefficient (Wildman–Crippen LogP) is 4.35. The number of aromatic nitrogens is 2. The zero-order valence-electron chi connectivity index (χ0n) is 13.3. The molecule has 0 aliphatic carbocycles. The van der Waals surface area contributed by atoms with Gasteiger partial charge in [0, 0.05) is 11.4 Å². The summed E-state index contributed by atoms with van der Waals surface area (Å²) < 4.78 is 5.27. The Balaban J connectivity index is 1.74. The van der Waals surface area contributed by atoms with Gasteiger partial charge < -0.3 is 9.64 Å². The monoisotopic (exact) mass is 325 g/mol. The number of ether oxygens (including phenoxy) is 1. The van der Waals surface area contributed by atoms with Crippen molar-refractivity contribution in [2.24, 2.45) is 0 Å². The SMILES string of the molecule is COc1ccc(C2CCCN2c2ncnc3sc(C)cc23)cc1. The lowest BCUT2D eigenvalue weighted by Gasteiger charge is -2.26. The van der Waals surface area contributed by atoms with Crippen LogP contribution < -0.4 is 9.64 Å². The van der Waals surface area contributed by atoms with Gasteiger partial charge in [-0.3, -0.25) is 0 Å². The smallest absolute Gasteiger partial charge is 0.141 e. The summed E-state index contributed by atoms with van der Waals surface area (Å²) in [5.74, 6) is 1.97. The van der Waals surface area contributed by atoms with Crippen molar-refractivity contribution >= 4 is 27.4 Å². The second kappa shape index (κ2) is 5.81. The third-order valence-corrected chi connectivity index (χ3v) is 5.42. The summed E-state index contributed by atoms with van der Waals surface area (Å²) in [6, 6.07) is 11.0. The molecule has 118 valence electrons. The molecule has 23 heavy (non-hydrogen) atoms. The maximum atomic E-state index is 5.27. The Morgan fingerprint density at radius 3 is 2.83 bits per heavy atom. The Bertz CT molecular complexity index is 828. The van der Waals surface area contributed by atoms with E-state index in [1.54, 1.807) is 24.8 Å². The summed E-state index contributed by atoms with van der Waals surface area (Å²) in [4.78, 5) is 13.8. The van der Waals surface area contributed by atoms with E-state index in [1.165, 1.54) is 22.2 Å². The minimum atomic E-state index is 0.374. The molecule has 0 radical (unpaired) electrons. The van der Waals surface area contributed by atoms with Gasteiger partial charge in [0.2, 0.25) is 0 Å². The molecule has 1 aliphatic heterocycles. The van der Waals surface area contributed by atoms with Crippen LogP contribution in [0.5, 0.6) is 5.75 Å². The first-order valence-electron chi connectivity index (χ1n) is 7.88. The molecule has 3 aromatic rings. The molecule has 0 spiro atoms. The highest BCUT2D eigenvalue weighted by Gasteiger charge is 2.28. The zero-order chi connectivity index (χ0) is 15.8. The molecule has 4 nitrogen and oxygen atoms in total. The molecular weight excluding hydrogens is 306 g/mol. The lowest BCUT2D eigenvalue weighted by atomic mass is 10.0. The van der Waals surface area contributed by atoms with Crippen molar-refractivity contribution in [1.82, 2.24) is 9.97 Å². The van der Waals surface area contributed by atoms with Crippen molar-refractivity contribution in [1.29, 1.82) is 0 Å². The van der Waals surface area contributed by atoms with Gasteiger partial charge in [0.05, 0.1) is 18.5 Å². The van der Waals surface area contributed by atoms with E-state index in [0.29, 0.717) is 6.04 Å². The maximum absolute atomic E-state index is 5.27. The normalized spacial score (nSPS) is 17.8. The highest BCUT2D eigenvalue weighted by Crippen LogP contribution is 2.39. The summed E-state index contributed by atoms with van der Waals surface area (Å²) in [6.45, 7) is 3.17. The van der Waals surface area contributed by atoms with Crippen LogP contribution in [0.2, 0.25) is 0 Å². The third kappa shape index (κ3) is 2.55. The van der Waals surface area contributed by atoms with E-state index < -0.39 is 0 Å². The number of hydrogen-bond donors (Lipinski definition) is 0. The van der Waals surface area contributed by atoms with E-state index in [4.69, 9.17) is 4.74 Å². The van der Waals surface area contributed by atoms with Crippen molar-refractivity contribution in [3.8, 4) is 5.75 Å². The fraction of sp³-hybridized carbons (Fsp3) is 0.333. The van der Waals surface area contributed by atoms with Crippen LogP contribution in [0, 0.1) is 6.92 Å². The van der Waals surface area contributed by atoms with Crippen molar-refractivity contribution in [2.75, 3.05) is 18.6 Å². The number of anilines is 1. The molecule has 4 rings (SSSR count). The minimum absolute atomic E-state index is 0.374. The summed E-state index contributed by atoms with van der Waals surface area (Å²) >= 11 is 1.73. The van der Waals surface area contributed by atoms with Gasteiger partial charge in [-0.1, -0.05) is 12.1 Å². The van der Waals surface area contributed by atoms with Gasteiger partial charge in [0.15, 0.2) is 0 Å². The van der Waals surface area contributed by atoms with Crippen LogP contribution in [0.15, 0.2) is 36.7 Å². The largest absolute Gasteiger partial charge is 0.497 e. The molecule has 0 bridgehead atoms. The standard InChI is InChI=1S/C18H19N3OS/c1-12-10-15-17(19-11-20-18(15)23-12)21-9-3-4-16(21)13-5-7-14(22-2)8-6-13/h5-8,10-11,16H,3-4,9H2,1-2H3. The van der Waals surface area contributed by atoms with Crippen molar-refractivity contribution in [3.05, 3.63) is 47.1 Å². The Hall–Kier alpha value is -2.14. The fourth-order valence-electron chi connectivity index (χ4n) is 3.39. The second-order valence-corrected chi connectivity index (χ2v) is 7.13. The van der Waals surface area contributed by atoms with Crippen LogP contribution in [-0.2, 0) is 0 Å². The Morgan fingerprint density at radius 1 is 1.22 bits per heavy atom. The van der Waals surface area contributed by atoms with E-state index >= 15 is 0 Å². The predicted molar refractivity (Wildman–Crippen MR) is 94.5 cm³/mol. The van der Waals surface area contributed by atoms with Crippen LogP contribution in [0.25, 0.3) is 10.2 Å². The van der Waals surface area contributed by atoms with E-state index in [1.807, 2.05) is 12.1 Å². The lowest BCUT2D eigenvalue weighted by Crippen LogP contribution is -2.23. The van der Waals surface area contributed by atoms with Crippen molar-refractivity contribution in [3.63, 3.8) is 0 Å². The van der Waals surface area contributed by atoms with Crippen molar-refractivity contribution in [2.45, 2.75) is 25.8 Å². The van der Waals surface area contributed by atoms with Crippen LogP contribution in [0.4, 0.5) is 5.82 Å². The average Bonchev–Trinajstić information content (AvgIpc) is 3.20. The van der Waals surface area contributed by atoms with Crippen LogP contribution in [0.1, 0.15) is 29.3 Å². The van der Waals surface area contributed by atoms with Gasteiger partial charge in [0.1, 0.15) is 22.7 Å². The number of methoxy groups -OCH3 is 1. The quantitative estimate of drug-likeness (QED) is 0.717. The number of rotatable bonds is 3. The number of benzene rings is 1. The average molecular weight is 325 g/mol. The molecule has 2 aromatic heterocycles. The van der Waals surface area contributed by atoms with Crippen molar-refractivity contribution < 1.29 is 4.74 Å². The zero-order valence-corrected chi connectivity index (χ0v) is 14.1. The Kier molecular flexibility index (Phi) is 3.65. The van der Waals surface area contributed by atoms with Gasteiger partial charge >= 0.3 is 0 Å². The van der Waals surface area contributed by atoms with Gasteiger partial charge in [-0.25, -0.2) is 9.97 Å². The summed E-state index contributed by atoms with van der Waals surface area (Å²) in [5, 5.41) is 1.18. The summed E-state index contributed by atoms with van der Waals surface area (Å²) in [7, 11) is 1.70. The van der Waals surface area contributed by atoms with Gasteiger partial charge in [-0.15, -0.1) is 11.3 Å². The third-order valence-electron chi connectivity index (χ3n) is 4.46. The molecule has 1 atom stereocenters. The Morgan fingerprint density at radius 2 is 2.04 bits per heavy atom. The minimum Gasteiger partial charge on any atom is -0.497 e. The van der Waals surface area contributed by atoms with Crippen LogP contribution in [0.3, 0.4) is 0 Å². The number of aryl methyl sites for hydroxylation is 1. The van der Waals surface area contributed by atoms with E-state index in [-0.39, 0.29) is 0 Å². The molecule has 1 saturated heterocycles. The summed E-state index contributed by atoms with van der Waals surface area (Å²) in [6.07, 6.45) is 4.03. The summed E-state index contributed by atoms with van der Waals surface area (Å²) in [5.41, 5.74) is 1.32. The highest BCUT2D eigenvalue weighted by atomic mass is 32.1. The lowest BCUT2D eigenvalue weighted by molar-refractivity contribution is 0.414. The van der Waals surface area contributed by atoms with E-state index in [9.17, 15) is 0 Å². The van der Waals surface area contributed by atoms with Gasteiger partial charge in [-0.05, 0) is 43.5 Å². The molecule has 1 aliphatic rings. The molecular formula is C18H19N3OS. The molecule has 1 aromatic carbocycles. The molecule has 1 fully saturated rings. The van der Waals surface area contributed by atoms with Gasteiger partial charge in [-0.2, -0.15) is 0 Å². The van der Waals surface area contributed by atoms with Gasteiger partial charge in [0.25, 0.3) is 0 Å². The van der Waals surface area contributed by atoms with E-state index in [2.05, 4.69) is 40.0 Å². The Labute approximate surface area is 139 Å². The molecule has 0 saturated carbocycles. The number of nitrogens with zero attached hydrogens (tertiary/aromatic N) is 3. The van der Waals surface area contributed by atoms with Crippen LogP contribution in [-0.4, -0.2) is 23.6 Å². The second-order valence-electron chi connectivity index (χ2n) is 5.90. The first-order valence-corrected chi connectivity index (χ1v) is 8.69. The number of hydrogen-bond acceptors (Lipinski definition) is 5.